The summed E-state index contributed by atoms with van der Waals surface area (Å²) < 4.78 is 0. The van der Waals surface area contributed by atoms with Crippen LogP contribution in [-0.2, 0) is 0 Å². The van der Waals surface area contributed by atoms with Crippen molar-refractivity contribution in [3.8, 4) is 0 Å². The van der Waals surface area contributed by atoms with Crippen molar-refractivity contribution in [2.45, 2.75) is 12.8 Å². The summed E-state index contributed by atoms with van der Waals surface area (Å²) in [6, 6.07) is 10.4. The van der Waals surface area contributed by atoms with Crippen molar-refractivity contribution in [1.29, 1.82) is 0 Å². The van der Waals surface area contributed by atoms with Gasteiger partial charge in [-0.25, -0.2) is 4.98 Å². The van der Waals surface area contributed by atoms with Crippen molar-refractivity contribution in [2.24, 2.45) is 0 Å². The molecule has 0 aliphatic carbocycles. The number of hydrogen-bond donors (Lipinski definition) is 1. The number of nitro groups is 1. The van der Waals surface area contributed by atoms with E-state index in [4.69, 9.17) is 23.2 Å². The van der Waals surface area contributed by atoms with E-state index < -0.39 is 4.92 Å². The minimum Gasteiger partial charge on any atom is -0.353 e. The van der Waals surface area contributed by atoms with E-state index >= 15 is 0 Å². The number of aromatic nitrogens is 1. The molecule has 114 valence electrons. The number of pyridine rings is 1. The Morgan fingerprint density at radius 2 is 2.14 bits per heavy atom. The normalized spacial score (nSPS) is 12.8. The third-order valence-corrected chi connectivity index (χ3v) is 3.53. The molecule has 5 nitrogen and oxygen atoms in total. The molecule has 1 aromatic heterocycles. The third kappa shape index (κ3) is 4.44. The van der Waals surface area contributed by atoms with Gasteiger partial charge in [0.1, 0.15) is 5.15 Å². The first kappa shape index (κ1) is 16.3. The van der Waals surface area contributed by atoms with E-state index in [-0.39, 0.29) is 5.92 Å². The summed E-state index contributed by atoms with van der Waals surface area (Å²) in [4.78, 5) is 14.4. The molecule has 0 amide bonds. The zero-order chi connectivity index (χ0) is 16.1. The molecule has 1 heterocycles. The molecule has 2 aromatic rings. The zero-order valence-electron chi connectivity index (χ0n) is 11.7. The lowest BCUT2D eigenvalue weighted by atomic mass is 9.99. The quantitative estimate of drug-likeness (QED) is 0.486. The second-order valence-electron chi connectivity index (χ2n) is 4.64. The second kappa shape index (κ2) is 7.24. The average molecular weight is 338 g/mol. The molecule has 0 spiro atoms. The van der Waals surface area contributed by atoms with E-state index in [9.17, 15) is 10.1 Å². The van der Waals surface area contributed by atoms with Crippen molar-refractivity contribution < 1.29 is 4.92 Å². The van der Waals surface area contributed by atoms with Crippen LogP contribution in [0, 0.1) is 10.1 Å². The minimum atomic E-state index is -0.493. The van der Waals surface area contributed by atoms with Crippen molar-refractivity contribution in [3.63, 3.8) is 0 Å². The summed E-state index contributed by atoms with van der Waals surface area (Å²) in [6.07, 6.45) is 2.54. The van der Waals surface area contributed by atoms with Gasteiger partial charge in [0.05, 0.1) is 10.6 Å². The first-order valence-electron chi connectivity index (χ1n) is 6.45. The average Bonchev–Trinajstić information content (AvgIpc) is 2.46. The van der Waals surface area contributed by atoms with E-state index in [1.807, 2.05) is 6.92 Å². The van der Waals surface area contributed by atoms with Gasteiger partial charge in [-0.15, -0.1) is 0 Å². The Hall–Kier alpha value is -2.11. The molecule has 1 atom stereocenters. The Morgan fingerprint density at radius 3 is 2.73 bits per heavy atom. The SMILES string of the molecule is CC(C(=C[N+](=O)[O-])Nc1cccc(Cl)c1)c1ccc(Cl)nc1. The van der Waals surface area contributed by atoms with Gasteiger partial charge in [-0.2, -0.15) is 0 Å². The Bertz CT molecular complexity index is 702. The molecule has 0 radical (unpaired) electrons. The number of rotatable bonds is 5. The van der Waals surface area contributed by atoms with E-state index in [0.717, 1.165) is 11.8 Å². The maximum atomic E-state index is 10.9. The molecular weight excluding hydrogens is 325 g/mol. The summed E-state index contributed by atoms with van der Waals surface area (Å²) >= 11 is 11.7. The van der Waals surface area contributed by atoms with Crippen molar-refractivity contribution >= 4 is 28.9 Å². The lowest BCUT2D eigenvalue weighted by Gasteiger charge is -2.16. The van der Waals surface area contributed by atoms with Crippen molar-refractivity contribution in [2.75, 3.05) is 5.32 Å². The highest BCUT2D eigenvalue weighted by Gasteiger charge is 2.16. The molecular formula is C15H13Cl2N3O2. The fraction of sp³-hybridized carbons (Fsp3) is 0.133. The fourth-order valence-corrected chi connectivity index (χ4v) is 2.22. The molecule has 0 bridgehead atoms. The van der Waals surface area contributed by atoms with Gasteiger partial charge >= 0.3 is 0 Å². The number of halogens is 2. The summed E-state index contributed by atoms with van der Waals surface area (Å²) in [6.45, 7) is 1.85. The van der Waals surface area contributed by atoms with E-state index in [1.165, 1.54) is 0 Å². The van der Waals surface area contributed by atoms with Gasteiger partial charge in [-0.3, -0.25) is 10.1 Å². The van der Waals surface area contributed by atoms with Crippen LogP contribution in [0.4, 0.5) is 5.69 Å². The summed E-state index contributed by atoms with van der Waals surface area (Å²) in [7, 11) is 0. The first-order valence-corrected chi connectivity index (χ1v) is 7.20. The van der Waals surface area contributed by atoms with E-state index in [1.54, 1.807) is 42.6 Å². The third-order valence-electron chi connectivity index (χ3n) is 3.07. The highest BCUT2D eigenvalue weighted by atomic mass is 35.5. The van der Waals surface area contributed by atoms with Gasteiger partial charge in [0.2, 0.25) is 0 Å². The lowest BCUT2D eigenvalue weighted by Crippen LogP contribution is -2.10. The molecule has 2 rings (SSSR count). The topological polar surface area (TPSA) is 68.1 Å². The molecule has 7 heteroatoms. The number of allylic oxidation sites excluding steroid dienone is 1. The molecule has 0 saturated heterocycles. The van der Waals surface area contributed by atoms with Gasteiger partial charge in [0.15, 0.2) is 0 Å². The monoisotopic (exact) mass is 337 g/mol. The second-order valence-corrected chi connectivity index (χ2v) is 5.46. The predicted octanol–water partition coefficient (Wildman–Crippen LogP) is 4.72. The smallest absolute Gasteiger partial charge is 0.254 e. The fourth-order valence-electron chi connectivity index (χ4n) is 1.92. The van der Waals surface area contributed by atoms with Crippen molar-refractivity contribution in [3.05, 3.63) is 80.3 Å². The van der Waals surface area contributed by atoms with E-state index in [0.29, 0.717) is 21.6 Å². The Balaban J connectivity index is 2.30. The van der Waals surface area contributed by atoms with Crippen LogP contribution in [0.3, 0.4) is 0 Å². The number of anilines is 1. The maximum Gasteiger partial charge on any atom is 0.254 e. The molecule has 0 saturated carbocycles. The first-order chi connectivity index (χ1) is 10.5. The van der Waals surface area contributed by atoms with Crippen LogP contribution in [0.15, 0.2) is 54.5 Å². The molecule has 1 N–H and O–H groups in total. The number of hydrogen-bond acceptors (Lipinski definition) is 4. The Kier molecular flexibility index (Phi) is 5.35. The van der Waals surface area contributed by atoms with Gasteiger partial charge in [0, 0.05) is 22.8 Å². The molecule has 1 unspecified atom stereocenters. The number of nitrogens with one attached hydrogen (secondary N) is 1. The highest BCUT2D eigenvalue weighted by molar-refractivity contribution is 6.30. The molecule has 0 aliphatic heterocycles. The summed E-state index contributed by atoms with van der Waals surface area (Å²) in [5.41, 5.74) is 1.91. The van der Waals surface area contributed by atoms with Crippen LogP contribution < -0.4 is 5.32 Å². The molecule has 22 heavy (non-hydrogen) atoms. The lowest BCUT2D eigenvalue weighted by molar-refractivity contribution is -0.403. The molecule has 0 aliphatic rings. The Morgan fingerprint density at radius 1 is 1.36 bits per heavy atom. The minimum absolute atomic E-state index is 0.255. The van der Waals surface area contributed by atoms with Crippen LogP contribution in [0.2, 0.25) is 10.2 Å². The largest absolute Gasteiger partial charge is 0.353 e. The summed E-state index contributed by atoms with van der Waals surface area (Å²) in [5, 5.41) is 14.8. The van der Waals surface area contributed by atoms with Gasteiger partial charge in [-0.05, 0) is 29.8 Å². The number of benzene rings is 1. The van der Waals surface area contributed by atoms with Gasteiger partial charge in [0.25, 0.3) is 6.20 Å². The van der Waals surface area contributed by atoms with Crippen LogP contribution in [-0.4, -0.2) is 9.91 Å². The van der Waals surface area contributed by atoms with E-state index in [2.05, 4.69) is 10.3 Å². The van der Waals surface area contributed by atoms with Crippen LogP contribution in [0.1, 0.15) is 18.4 Å². The number of nitrogens with zero attached hydrogens (tertiary/aromatic N) is 2. The van der Waals surface area contributed by atoms with Gasteiger partial charge < -0.3 is 5.32 Å². The zero-order valence-corrected chi connectivity index (χ0v) is 13.2. The predicted molar refractivity (Wildman–Crippen MR) is 87.8 cm³/mol. The van der Waals surface area contributed by atoms with Crippen LogP contribution in [0.5, 0.6) is 0 Å². The standard InChI is InChI=1S/C15H13Cl2N3O2/c1-10(11-5-6-15(17)18-8-11)14(9-20(21)22)19-13-4-2-3-12(16)7-13/h2-10,19H,1H3. The molecule has 0 fully saturated rings. The van der Waals surface area contributed by atoms with Crippen molar-refractivity contribution in [1.82, 2.24) is 4.98 Å². The Labute approximate surface area is 137 Å². The summed E-state index contributed by atoms with van der Waals surface area (Å²) in [5.74, 6) is -0.255. The highest BCUT2D eigenvalue weighted by Crippen LogP contribution is 2.26. The molecule has 1 aromatic carbocycles. The van der Waals surface area contributed by atoms with Gasteiger partial charge in [-0.1, -0.05) is 42.3 Å². The maximum absolute atomic E-state index is 10.9. The van der Waals surface area contributed by atoms with Crippen LogP contribution >= 0.6 is 23.2 Å². The van der Waals surface area contributed by atoms with Crippen LogP contribution in [0.25, 0.3) is 0 Å².